The largest absolute Gasteiger partial charge is 0.497 e. The van der Waals surface area contributed by atoms with E-state index in [1.807, 2.05) is 42.5 Å². The number of methoxy groups -OCH3 is 1. The summed E-state index contributed by atoms with van der Waals surface area (Å²) in [6.07, 6.45) is 4.51. The first kappa shape index (κ1) is 26.3. The Morgan fingerprint density at radius 2 is 1.97 bits per heavy atom. The molecule has 6 rings (SSSR count). The Hall–Kier alpha value is -2.89. The number of aliphatic hydroxyl groups is 1. The van der Waals surface area contributed by atoms with Gasteiger partial charge in [-0.25, -0.2) is 13.4 Å². The van der Waals surface area contributed by atoms with Crippen LogP contribution in [0.4, 0.5) is 0 Å². The molecule has 2 N–H and O–H groups in total. The van der Waals surface area contributed by atoms with Gasteiger partial charge in [-0.1, -0.05) is 29.8 Å². The smallest absolute Gasteiger partial charge is 0.262 e. The number of benzene rings is 2. The van der Waals surface area contributed by atoms with Crippen molar-refractivity contribution in [2.24, 2.45) is 7.05 Å². The summed E-state index contributed by atoms with van der Waals surface area (Å²) >= 11 is 6.44. The topological polar surface area (TPSA) is 104 Å². The average Bonchev–Trinajstić information content (AvgIpc) is 3.55. The van der Waals surface area contributed by atoms with Crippen LogP contribution in [0.15, 0.2) is 60.0 Å². The molecular formula is C28H32ClN5O4S. The molecule has 4 heterocycles. The molecule has 1 atom stereocenters. The molecule has 1 saturated heterocycles. The lowest BCUT2D eigenvalue weighted by molar-refractivity contribution is 0.0931. The number of nitrogens with one attached hydrogen (secondary N) is 1. The highest BCUT2D eigenvalue weighted by atomic mass is 35.5. The third-order valence-electron chi connectivity index (χ3n) is 8.30. The van der Waals surface area contributed by atoms with Gasteiger partial charge >= 0.3 is 0 Å². The van der Waals surface area contributed by atoms with E-state index in [4.69, 9.17) is 16.3 Å². The van der Waals surface area contributed by atoms with Crippen molar-refractivity contribution in [2.45, 2.75) is 35.9 Å². The van der Waals surface area contributed by atoms with Crippen LogP contribution >= 0.6 is 11.6 Å². The van der Waals surface area contributed by atoms with Gasteiger partial charge < -0.3 is 19.4 Å². The number of rotatable bonds is 6. The zero-order valence-corrected chi connectivity index (χ0v) is 23.5. The Morgan fingerprint density at radius 1 is 1.21 bits per heavy atom. The van der Waals surface area contributed by atoms with Gasteiger partial charge in [-0.2, -0.15) is 4.31 Å². The molecule has 0 bridgehead atoms. The van der Waals surface area contributed by atoms with Crippen molar-refractivity contribution >= 4 is 32.5 Å². The molecule has 0 aliphatic carbocycles. The van der Waals surface area contributed by atoms with Crippen molar-refractivity contribution in [1.29, 1.82) is 0 Å². The summed E-state index contributed by atoms with van der Waals surface area (Å²) in [5.74, 6) is 0.711. The minimum atomic E-state index is -3.97. The maximum Gasteiger partial charge on any atom is 0.262 e. The summed E-state index contributed by atoms with van der Waals surface area (Å²) in [6, 6.07) is 13.0. The molecule has 39 heavy (non-hydrogen) atoms. The lowest BCUT2D eigenvalue weighted by Gasteiger charge is -2.49. The number of aromatic amines is 1. The van der Waals surface area contributed by atoms with Crippen LogP contribution in [0.3, 0.4) is 0 Å². The fraction of sp³-hybridized carbons (Fsp3) is 0.393. The fourth-order valence-corrected chi connectivity index (χ4v) is 8.11. The summed E-state index contributed by atoms with van der Waals surface area (Å²) in [4.78, 5) is 10.0. The van der Waals surface area contributed by atoms with E-state index in [2.05, 4.69) is 14.9 Å². The second-order valence-electron chi connectivity index (χ2n) is 10.6. The number of aromatic nitrogens is 3. The average molecular weight is 570 g/mol. The number of halogens is 1. The Balaban J connectivity index is 1.43. The highest BCUT2D eigenvalue weighted by Gasteiger charge is 2.51. The lowest BCUT2D eigenvalue weighted by atomic mass is 9.69. The number of aliphatic hydroxyl groups excluding tert-OH is 1. The van der Waals surface area contributed by atoms with Crippen molar-refractivity contribution < 1.29 is 18.3 Å². The van der Waals surface area contributed by atoms with Crippen molar-refractivity contribution in [3.8, 4) is 5.75 Å². The number of sulfonamides is 1. The molecule has 0 amide bonds. The van der Waals surface area contributed by atoms with Crippen LogP contribution < -0.4 is 4.74 Å². The number of ether oxygens (including phenoxy) is 1. The van der Waals surface area contributed by atoms with E-state index < -0.39 is 21.5 Å². The molecule has 11 heteroatoms. The van der Waals surface area contributed by atoms with Gasteiger partial charge in [0.2, 0.25) is 0 Å². The predicted molar refractivity (Wildman–Crippen MR) is 149 cm³/mol. The Bertz CT molecular complexity index is 1620. The van der Waals surface area contributed by atoms with Gasteiger partial charge in [-0.15, -0.1) is 0 Å². The molecule has 0 unspecified atom stereocenters. The van der Waals surface area contributed by atoms with Crippen LogP contribution in [-0.2, 0) is 29.0 Å². The molecule has 2 aliphatic heterocycles. The van der Waals surface area contributed by atoms with Crippen LogP contribution in [0.25, 0.3) is 10.9 Å². The third-order valence-corrected chi connectivity index (χ3v) is 10.4. The van der Waals surface area contributed by atoms with Crippen molar-refractivity contribution in [1.82, 2.24) is 23.7 Å². The SMILES string of the molecule is COc1ccc2c3c([nH]c2c1)[C@@H](CO)N(S(=O)(=O)c1cn(C)cn1)CC31CCN(Cc2ccccc2Cl)CC1. The molecular weight excluding hydrogens is 538 g/mol. The van der Waals surface area contributed by atoms with E-state index in [1.165, 1.54) is 16.8 Å². The van der Waals surface area contributed by atoms with Crippen molar-refractivity contribution in [3.05, 3.63) is 76.8 Å². The summed E-state index contributed by atoms with van der Waals surface area (Å²) in [6.45, 7) is 2.23. The van der Waals surface area contributed by atoms with Crippen LogP contribution in [0, 0.1) is 0 Å². The summed E-state index contributed by atoms with van der Waals surface area (Å²) in [5.41, 5.74) is 3.35. The molecule has 1 fully saturated rings. The van der Waals surface area contributed by atoms with E-state index in [9.17, 15) is 13.5 Å². The van der Waals surface area contributed by atoms with E-state index in [0.29, 0.717) is 5.75 Å². The first-order valence-electron chi connectivity index (χ1n) is 13.0. The number of fused-ring (bicyclic) bond motifs is 4. The zero-order chi connectivity index (χ0) is 27.4. The van der Waals surface area contributed by atoms with Gasteiger partial charge in [0.25, 0.3) is 10.0 Å². The van der Waals surface area contributed by atoms with E-state index >= 15 is 0 Å². The number of hydrogen-bond donors (Lipinski definition) is 2. The maximum absolute atomic E-state index is 13.9. The maximum atomic E-state index is 13.9. The number of H-pyrrole nitrogens is 1. The molecule has 4 aromatic rings. The first-order chi connectivity index (χ1) is 18.8. The van der Waals surface area contributed by atoms with Gasteiger partial charge in [0, 0.05) is 59.4 Å². The molecule has 2 aromatic carbocycles. The van der Waals surface area contributed by atoms with Crippen LogP contribution in [0.2, 0.25) is 5.02 Å². The molecule has 2 aromatic heterocycles. The van der Waals surface area contributed by atoms with Gasteiger partial charge in [-0.3, -0.25) is 4.90 Å². The van der Waals surface area contributed by atoms with E-state index in [-0.39, 0.29) is 18.2 Å². The normalized spacial score (nSPS) is 19.9. The monoisotopic (exact) mass is 569 g/mol. The Kier molecular flexibility index (Phi) is 6.71. The Labute approximate surface area is 233 Å². The number of imidazole rings is 1. The second-order valence-corrected chi connectivity index (χ2v) is 12.8. The minimum absolute atomic E-state index is 0.0176. The number of nitrogens with zero attached hydrogens (tertiary/aromatic N) is 4. The molecule has 0 saturated carbocycles. The summed E-state index contributed by atoms with van der Waals surface area (Å²) in [5, 5.41) is 12.3. The standard InChI is InChI=1S/C28H32ClN5O4S/c1-32-15-25(30-18-32)39(36,37)34-17-28(9-11-33(12-10-28)14-19-5-3-4-6-22(19)29)26-21-8-7-20(38-2)13-23(21)31-27(26)24(34)16-35/h3-8,13,15,18,24,31,35H,9-12,14,16-17H2,1-2H3/t24-/m1/s1. The first-order valence-corrected chi connectivity index (χ1v) is 14.8. The number of aryl methyl sites for hydroxylation is 1. The van der Waals surface area contributed by atoms with E-state index in [1.54, 1.807) is 18.7 Å². The minimum Gasteiger partial charge on any atom is -0.497 e. The molecule has 9 nitrogen and oxygen atoms in total. The van der Waals surface area contributed by atoms with Crippen molar-refractivity contribution in [2.75, 3.05) is 33.4 Å². The molecule has 2 aliphatic rings. The number of hydrogen-bond acceptors (Lipinski definition) is 6. The highest BCUT2D eigenvalue weighted by molar-refractivity contribution is 7.89. The Morgan fingerprint density at radius 3 is 2.64 bits per heavy atom. The third kappa shape index (κ3) is 4.44. The summed E-state index contributed by atoms with van der Waals surface area (Å²) < 4.78 is 36.4. The molecule has 206 valence electrons. The lowest BCUT2D eigenvalue weighted by Crippen LogP contribution is -2.55. The van der Waals surface area contributed by atoms with Gasteiger partial charge in [0.05, 0.1) is 26.1 Å². The number of likely N-dealkylation sites (tertiary alicyclic amines) is 1. The summed E-state index contributed by atoms with van der Waals surface area (Å²) in [7, 11) is -0.609. The quantitative estimate of drug-likeness (QED) is 0.366. The van der Waals surface area contributed by atoms with E-state index in [0.717, 1.165) is 65.2 Å². The fourth-order valence-electron chi connectivity index (χ4n) is 6.27. The van der Waals surface area contributed by atoms with Crippen molar-refractivity contribution in [3.63, 3.8) is 0 Å². The zero-order valence-electron chi connectivity index (χ0n) is 22.0. The predicted octanol–water partition coefficient (Wildman–Crippen LogP) is 3.84. The molecule has 1 spiro atoms. The van der Waals surface area contributed by atoms with Crippen LogP contribution in [-0.4, -0.2) is 70.6 Å². The van der Waals surface area contributed by atoms with Crippen LogP contribution in [0.5, 0.6) is 5.75 Å². The van der Waals surface area contributed by atoms with Crippen LogP contribution in [0.1, 0.15) is 35.7 Å². The molecule has 0 radical (unpaired) electrons. The van der Waals surface area contributed by atoms with Gasteiger partial charge in [0.1, 0.15) is 5.75 Å². The second kappa shape index (κ2) is 9.94. The number of piperidine rings is 1. The van der Waals surface area contributed by atoms with Gasteiger partial charge in [0.15, 0.2) is 5.03 Å². The highest BCUT2D eigenvalue weighted by Crippen LogP contribution is 2.50. The van der Waals surface area contributed by atoms with Gasteiger partial charge in [-0.05, 0) is 55.3 Å².